The van der Waals surface area contributed by atoms with Crippen LogP contribution in [0.15, 0.2) is 29.4 Å². The Kier molecular flexibility index (Phi) is 6.30. The highest BCUT2D eigenvalue weighted by atomic mass is 35.5. The average Bonchev–Trinajstić information content (AvgIpc) is 2.96. The van der Waals surface area contributed by atoms with Crippen LogP contribution in [-0.4, -0.2) is 52.7 Å². The van der Waals surface area contributed by atoms with Gasteiger partial charge in [-0.25, -0.2) is 0 Å². The number of aromatic nitrogens is 3. The average molecular weight is 383 g/mol. The smallest absolute Gasteiger partial charge is 0.234 e. The third-order valence-electron chi connectivity index (χ3n) is 3.99. The monoisotopic (exact) mass is 382 g/mol. The van der Waals surface area contributed by atoms with Crippen molar-refractivity contribution in [1.29, 1.82) is 0 Å². The Labute approximate surface area is 155 Å². The van der Waals surface area contributed by atoms with Gasteiger partial charge in [0.15, 0.2) is 11.0 Å². The molecule has 0 aliphatic carbocycles. The molecular formula is C16H21ClN5O2S+. The molecule has 3 rings (SSSR count). The lowest BCUT2D eigenvalue weighted by atomic mass is 10.3. The van der Waals surface area contributed by atoms with Crippen molar-refractivity contribution in [2.24, 2.45) is 7.05 Å². The van der Waals surface area contributed by atoms with E-state index in [1.807, 2.05) is 11.6 Å². The van der Waals surface area contributed by atoms with Crippen LogP contribution in [-0.2, 0) is 23.1 Å². The Morgan fingerprint density at radius 3 is 2.76 bits per heavy atom. The highest BCUT2D eigenvalue weighted by molar-refractivity contribution is 7.99. The molecule has 1 fully saturated rings. The molecule has 1 aliphatic rings. The summed E-state index contributed by atoms with van der Waals surface area (Å²) in [7, 11) is 1.94. The second-order valence-electron chi connectivity index (χ2n) is 5.84. The molecule has 0 unspecified atom stereocenters. The van der Waals surface area contributed by atoms with E-state index >= 15 is 0 Å². The minimum Gasteiger partial charge on any atom is -0.370 e. The van der Waals surface area contributed by atoms with E-state index in [4.69, 9.17) is 16.3 Å². The number of anilines is 1. The van der Waals surface area contributed by atoms with Crippen molar-refractivity contribution in [1.82, 2.24) is 14.8 Å². The summed E-state index contributed by atoms with van der Waals surface area (Å²) >= 11 is 7.21. The van der Waals surface area contributed by atoms with Gasteiger partial charge in [0.1, 0.15) is 19.6 Å². The molecule has 7 nitrogen and oxygen atoms in total. The maximum Gasteiger partial charge on any atom is 0.234 e. The predicted molar refractivity (Wildman–Crippen MR) is 97.0 cm³/mol. The molecule has 134 valence electrons. The minimum absolute atomic E-state index is 0.0873. The lowest BCUT2D eigenvalue weighted by molar-refractivity contribution is -0.922. The summed E-state index contributed by atoms with van der Waals surface area (Å²) in [6, 6.07) is 7.04. The van der Waals surface area contributed by atoms with Crippen molar-refractivity contribution in [3.8, 4) is 0 Å². The molecule has 1 aliphatic heterocycles. The number of nitrogens with one attached hydrogen (secondary N) is 2. The molecular weight excluding hydrogens is 362 g/mol. The number of ether oxygens (including phenoxy) is 1. The molecule has 1 amide bonds. The van der Waals surface area contributed by atoms with Crippen LogP contribution in [0.4, 0.5) is 5.69 Å². The third-order valence-corrected chi connectivity index (χ3v) is 5.27. The van der Waals surface area contributed by atoms with Gasteiger partial charge in [0.2, 0.25) is 5.91 Å². The fraction of sp³-hybridized carbons (Fsp3) is 0.438. The van der Waals surface area contributed by atoms with Crippen LogP contribution in [0.3, 0.4) is 0 Å². The number of carbonyl (C=O) groups is 1. The first kappa shape index (κ1) is 18.2. The molecule has 0 atom stereocenters. The van der Waals surface area contributed by atoms with Crippen molar-refractivity contribution < 1.29 is 14.4 Å². The molecule has 1 aromatic heterocycles. The fourth-order valence-corrected chi connectivity index (χ4v) is 3.40. The van der Waals surface area contributed by atoms with Crippen molar-refractivity contribution in [2.75, 3.05) is 37.4 Å². The first-order chi connectivity index (χ1) is 12.1. The van der Waals surface area contributed by atoms with E-state index in [-0.39, 0.29) is 11.7 Å². The second-order valence-corrected chi connectivity index (χ2v) is 7.22. The number of rotatable bonds is 6. The van der Waals surface area contributed by atoms with E-state index in [2.05, 4.69) is 15.5 Å². The summed E-state index contributed by atoms with van der Waals surface area (Å²) in [5, 5.41) is 12.7. The number of morpholine rings is 1. The van der Waals surface area contributed by atoms with Crippen LogP contribution in [0.2, 0.25) is 5.02 Å². The van der Waals surface area contributed by atoms with Gasteiger partial charge in [0.05, 0.1) is 19.0 Å². The van der Waals surface area contributed by atoms with E-state index in [9.17, 15) is 4.79 Å². The standard InChI is InChI=1S/C16H20ClN5O2S/c1-21-14(10-22-6-8-24-9-7-22)19-20-16(21)25-11-15(23)18-13-4-2-12(17)3-5-13/h2-5H,6-11H2,1H3,(H,18,23)/p+1. The Balaban J connectivity index is 1.50. The van der Waals surface area contributed by atoms with E-state index in [0.717, 1.165) is 49.5 Å². The number of halogens is 1. The SMILES string of the molecule is Cn1c(C[NH+]2CCOCC2)nnc1SCC(=O)Nc1ccc(Cl)cc1. The molecule has 25 heavy (non-hydrogen) atoms. The zero-order valence-corrected chi connectivity index (χ0v) is 15.6. The highest BCUT2D eigenvalue weighted by Crippen LogP contribution is 2.17. The van der Waals surface area contributed by atoms with Gasteiger partial charge in [-0.2, -0.15) is 0 Å². The van der Waals surface area contributed by atoms with Crippen LogP contribution in [0.1, 0.15) is 5.82 Å². The van der Waals surface area contributed by atoms with Crippen molar-refractivity contribution >= 4 is 35.0 Å². The number of hydrogen-bond acceptors (Lipinski definition) is 5. The third kappa shape index (κ3) is 5.18. The van der Waals surface area contributed by atoms with Crippen LogP contribution >= 0.6 is 23.4 Å². The molecule has 2 aromatic rings. The number of hydrogen-bond donors (Lipinski definition) is 2. The van der Waals surface area contributed by atoms with Crippen LogP contribution in [0.5, 0.6) is 0 Å². The summed E-state index contributed by atoms with van der Waals surface area (Å²) in [6.45, 7) is 4.38. The van der Waals surface area contributed by atoms with Crippen molar-refractivity contribution in [2.45, 2.75) is 11.7 Å². The van der Waals surface area contributed by atoms with Gasteiger partial charge in [-0.15, -0.1) is 10.2 Å². The van der Waals surface area contributed by atoms with Gasteiger partial charge in [-0.05, 0) is 24.3 Å². The van der Waals surface area contributed by atoms with Crippen molar-refractivity contribution in [3.05, 3.63) is 35.1 Å². The van der Waals surface area contributed by atoms with Crippen molar-refractivity contribution in [3.63, 3.8) is 0 Å². The summed E-state index contributed by atoms with van der Waals surface area (Å²) in [4.78, 5) is 13.5. The molecule has 1 saturated heterocycles. The van der Waals surface area contributed by atoms with Gasteiger partial charge in [0, 0.05) is 17.8 Å². The van der Waals surface area contributed by atoms with E-state index in [1.165, 1.54) is 16.7 Å². The predicted octanol–water partition coefficient (Wildman–Crippen LogP) is 0.614. The maximum absolute atomic E-state index is 12.1. The van der Waals surface area contributed by atoms with Gasteiger partial charge >= 0.3 is 0 Å². The molecule has 0 bridgehead atoms. The molecule has 2 heterocycles. The number of amides is 1. The number of thioether (sulfide) groups is 1. The molecule has 9 heteroatoms. The number of benzene rings is 1. The normalized spacial score (nSPS) is 15.3. The van der Waals surface area contributed by atoms with E-state index in [0.29, 0.717) is 5.02 Å². The number of carbonyl (C=O) groups excluding carboxylic acids is 1. The zero-order valence-electron chi connectivity index (χ0n) is 14.0. The quantitative estimate of drug-likeness (QED) is 0.716. The summed E-state index contributed by atoms with van der Waals surface area (Å²) in [5.41, 5.74) is 0.726. The van der Waals surface area contributed by atoms with E-state index in [1.54, 1.807) is 24.3 Å². The van der Waals surface area contributed by atoms with Gasteiger partial charge < -0.3 is 19.5 Å². The number of quaternary nitrogens is 1. The van der Waals surface area contributed by atoms with Crippen LogP contribution in [0.25, 0.3) is 0 Å². The molecule has 0 spiro atoms. The fourth-order valence-electron chi connectivity index (χ4n) is 2.55. The van der Waals surface area contributed by atoms with E-state index < -0.39 is 0 Å². The minimum atomic E-state index is -0.0873. The highest BCUT2D eigenvalue weighted by Gasteiger charge is 2.19. The topological polar surface area (TPSA) is 73.5 Å². The summed E-state index contributed by atoms with van der Waals surface area (Å²) < 4.78 is 7.33. The van der Waals surface area contributed by atoms with Crippen LogP contribution in [0, 0.1) is 0 Å². The Hall–Kier alpha value is -1.61. The molecule has 1 aromatic carbocycles. The molecule has 2 N–H and O–H groups in total. The molecule has 0 saturated carbocycles. The summed E-state index contributed by atoms with van der Waals surface area (Å²) in [5.74, 6) is 1.12. The maximum atomic E-state index is 12.1. The van der Waals surface area contributed by atoms with Gasteiger partial charge in [-0.3, -0.25) is 4.79 Å². The second kappa shape index (κ2) is 8.66. The first-order valence-corrected chi connectivity index (χ1v) is 9.46. The Morgan fingerprint density at radius 2 is 2.04 bits per heavy atom. The van der Waals surface area contributed by atoms with Gasteiger partial charge in [0.25, 0.3) is 0 Å². The zero-order chi connectivity index (χ0) is 17.6. The largest absolute Gasteiger partial charge is 0.370 e. The Bertz CT molecular complexity index is 716. The molecule has 0 radical (unpaired) electrons. The lowest BCUT2D eigenvalue weighted by Crippen LogP contribution is -3.12. The Morgan fingerprint density at radius 1 is 1.32 bits per heavy atom. The lowest BCUT2D eigenvalue weighted by Gasteiger charge is -2.23. The van der Waals surface area contributed by atoms with Crippen LogP contribution < -0.4 is 10.2 Å². The summed E-state index contributed by atoms with van der Waals surface area (Å²) in [6.07, 6.45) is 0. The van der Waals surface area contributed by atoms with Gasteiger partial charge in [-0.1, -0.05) is 23.4 Å². The first-order valence-electron chi connectivity index (χ1n) is 8.09. The number of nitrogens with zero attached hydrogens (tertiary/aromatic N) is 3.